The molecule has 1 unspecified atom stereocenters. The Labute approximate surface area is 86.7 Å². The highest BCUT2D eigenvalue weighted by Gasteiger charge is 2.12. The fourth-order valence-corrected chi connectivity index (χ4v) is 0.674. The van der Waals surface area contributed by atoms with Crippen molar-refractivity contribution in [3.05, 3.63) is 12.7 Å². The first-order valence-corrected chi connectivity index (χ1v) is 5.22. The Kier molecular flexibility index (Phi) is 13.9. The average Bonchev–Trinajstić information content (AvgIpc) is 2.19. The zero-order valence-corrected chi connectivity index (χ0v) is 10.2. The van der Waals surface area contributed by atoms with E-state index < -0.39 is 22.1 Å². The van der Waals surface area contributed by atoms with Crippen LogP contribution in [0, 0.1) is 0 Å². The minimum atomic E-state index is -1.43. The lowest BCUT2D eigenvalue weighted by Crippen LogP contribution is -2.18. The zero-order valence-electron chi connectivity index (χ0n) is 8.82. The van der Waals surface area contributed by atoms with Crippen LogP contribution in [0.4, 0.5) is 0 Å². The first kappa shape index (κ1) is 15.8. The summed E-state index contributed by atoms with van der Waals surface area (Å²) < 4.78 is 13.6. The molecule has 1 radical (unpaired) electrons. The molecule has 5 nitrogen and oxygen atoms in total. The summed E-state index contributed by atoms with van der Waals surface area (Å²) in [6, 6.07) is 0. The first-order valence-electron chi connectivity index (χ1n) is 4.06. The monoisotopic (exact) mass is 221 g/mol. The Bertz CT molecular complexity index is 149. The highest BCUT2D eigenvalue weighted by Crippen LogP contribution is 1.88. The van der Waals surface area contributed by atoms with Crippen LogP contribution in [0.3, 0.4) is 0 Å². The van der Waals surface area contributed by atoms with E-state index in [0.29, 0.717) is 0 Å². The summed E-state index contributed by atoms with van der Waals surface area (Å²) in [4.78, 5) is 10.4. The van der Waals surface area contributed by atoms with Crippen LogP contribution in [0.25, 0.3) is 0 Å². The Morgan fingerprint density at radius 1 is 1.50 bits per heavy atom. The molecule has 0 aromatic heterocycles. The molecule has 1 atom stereocenters. The van der Waals surface area contributed by atoms with Crippen LogP contribution < -0.4 is 0 Å². The van der Waals surface area contributed by atoms with Gasteiger partial charge in [0.2, 0.25) is 6.10 Å². The minimum absolute atomic E-state index is 0.241. The third-order valence-corrected chi connectivity index (χ3v) is 1.44. The van der Waals surface area contributed by atoms with Crippen molar-refractivity contribution in [2.45, 2.75) is 13.0 Å². The maximum atomic E-state index is 10.4. The molecule has 0 amide bonds. The molecule has 0 saturated carbocycles. The Balaban J connectivity index is 0. The van der Waals surface area contributed by atoms with Gasteiger partial charge in [0.15, 0.2) is 0 Å². The number of carbonyl (C=O) groups excluding carboxylic acids is 1. The molecule has 0 aromatic rings. The van der Waals surface area contributed by atoms with Crippen molar-refractivity contribution in [2.75, 3.05) is 20.8 Å². The molecule has 83 valence electrons. The van der Waals surface area contributed by atoms with Gasteiger partial charge in [-0.15, -0.1) is 0 Å². The van der Waals surface area contributed by atoms with Crippen molar-refractivity contribution in [3.63, 3.8) is 0 Å². The third-order valence-electron chi connectivity index (χ3n) is 0.969. The summed E-state index contributed by atoms with van der Waals surface area (Å²) in [6.07, 6.45) is -0.414. The maximum Gasteiger partial charge on any atom is 0.342 e. The quantitative estimate of drug-likeness (QED) is 0.367. The second-order valence-electron chi connectivity index (χ2n) is 2.10. The molecule has 0 heterocycles. The molecular weight excluding hydrogens is 204 g/mol. The Morgan fingerprint density at radius 2 is 2.00 bits per heavy atom. The standard InChI is InChI=1S/C6H9O3.C2H8O2Si/c1-3-5(7)6(8)9-4-2;1-3-5-4-2/h3,5H,1,4H2,2H3;5H2,1-2H3. The van der Waals surface area contributed by atoms with Gasteiger partial charge in [-0.05, 0) is 13.0 Å². The van der Waals surface area contributed by atoms with Crippen LogP contribution in [-0.2, 0) is 23.5 Å². The van der Waals surface area contributed by atoms with Crippen molar-refractivity contribution < 1.29 is 23.5 Å². The lowest BCUT2D eigenvalue weighted by Gasteiger charge is -2.00. The molecule has 0 rings (SSSR count). The van der Waals surface area contributed by atoms with Gasteiger partial charge in [0.05, 0.1) is 6.61 Å². The van der Waals surface area contributed by atoms with Gasteiger partial charge in [-0.2, -0.15) is 0 Å². The van der Waals surface area contributed by atoms with Crippen molar-refractivity contribution in [1.82, 2.24) is 0 Å². The van der Waals surface area contributed by atoms with E-state index in [-0.39, 0.29) is 6.61 Å². The highest BCUT2D eigenvalue weighted by molar-refractivity contribution is 6.17. The average molecular weight is 221 g/mol. The normalized spacial score (nSPS) is 10.9. The molecule has 0 aromatic carbocycles. The molecule has 0 spiro atoms. The van der Waals surface area contributed by atoms with E-state index in [2.05, 4.69) is 20.2 Å². The van der Waals surface area contributed by atoms with Gasteiger partial charge < -0.3 is 13.6 Å². The summed E-state index contributed by atoms with van der Waals surface area (Å²) in [5.41, 5.74) is 0. The van der Waals surface area contributed by atoms with E-state index in [9.17, 15) is 9.90 Å². The number of ether oxygens (including phenoxy) is 1. The van der Waals surface area contributed by atoms with Crippen LogP contribution in [0.5, 0.6) is 0 Å². The smallest absolute Gasteiger partial charge is 0.342 e. The van der Waals surface area contributed by atoms with Crippen LogP contribution in [0.15, 0.2) is 12.7 Å². The maximum absolute atomic E-state index is 10.4. The van der Waals surface area contributed by atoms with E-state index in [1.54, 1.807) is 21.1 Å². The number of hydrogen-bond donors (Lipinski definition) is 0. The molecule has 6 heteroatoms. The zero-order chi connectivity index (χ0) is 11.4. The molecule has 0 aliphatic rings. The van der Waals surface area contributed by atoms with Crippen LogP contribution in [-0.4, -0.2) is 42.9 Å². The van der Waals surface area contributed by atoms with Crippen LogP contribution in [0.2, 0.25) is 0 Å². The third kappa shape index (κ3) is 11.3. The second kappa shape index (κ2) is 12.3. The molecule has 0 saturated heterocycles. The summed E-state index contributed by atoms with van der Waals surface area (Å²) in [6.45, 7) is 5.04. The molecule has 14 heavy (non-hydrogen) atoms. The minimum Gasteiger partial charge on any atom is -0.464 e. The van der Waals surface area contributed by atoms with Crippen LogP contribution in [0.1, 0.15) is 6.92 Å². The summed E-state index contributed by atoms with van der Waals surface area (Å²) in [7, 11) is 2.73. The fourth-order valence-electron chi connectivity index (χ4n) is 0.438. The van der Waals surface area contributed by atoms with Gasteiger partial charge in [-0.3, -0.25) is 0 Å². The summed E-state index contributed by atoms with van der Waals surface area (Å²) in [5.74, 6) is -0.757. The lowest BCUT2D eigenvalue weighted by molar-refractivity contribution is -0.153. The summed E-state index contributed by atoms with van der Waals surface area (Å²) >= 11 is 0. The molecular formula is C8H17O5Si. The Morgan fingerprint density at radius 3 is 2.21 bits per heavy atom. The Hall–Kier alpha value is -0.693. The van der Waals surface area contributed by atoms with Gasteiger partial charge in [0.25, 0.3) is 0 Å². The van der Waals surface area contributed by atoms with E-state index in [0.717, 1.165) is 6.08 Å². The molecule has 0 aliphatic heterocycles. The number of carbonyl (C=O) groups is 1. The van der Waals surface area contributed by atoms with Crippen molar-refractivity contribution in [3.8, 4) is 0 Å². The fraction of sp³-hybridized carbons (Fsp3) is 0.625. The molecule has 0 aliphatic carbocycles. The van der Waals surface area contributed by atoms with Gasteiger partial charge >= 0.3 is 16.0 Å². The van der Waals surface area contributed by atoms with E-state index >= 15 is 0 Å². The number of hydrogen-bond acceptors (Lipinski definition) is 4. The molecule has 0 bridgehead atoms. The van der Waals surface area contributed by atoms with Gasteiger partial charge in [0.1, 0.15) is 0 Å². The van der Waals surface area contributed by atoms with E-state index in [1.807, 2.05) is 0 Å². The highest BCUT2D eigenvalue weighted by atomic mass is 28.3. The van der Waals surface area contributed by atoms with E-state index in [1.165, 1.54) is 0 Å². The molecule has 0 N–H and O–H groups in total. The SMILES string of the molecule is C=CC([O])C(=O)OCC.CO[SiH2]OC. The van der Waals surface area contributed by atoms with E-state index in [4.69, 9.17) is 0 Å². The number of rotatable bonds is 5. The van der Waals surface area contributed by atoms with Crippen molar-refractivity contribution >= 4 is 16.0 Å². The van der Waals surface area contributed by atoms with Crippen molar-refractivity contribution in [1.29, 1.82) is 0 Å². The first-order chi connectivity index (χ1) is 6.63. The van der Waals surface area contributed by atoms with Gasteiger partial charge in [-0.25, -0.2) is 9.90 Å². The largest absolute Gasteiger partial charge is 0.464 e. The predicted molar refractivity (Wildman–Crippen MR) is 53.9 cm³/mol. The van der Waals surface area contributed by atoms with Crippen molar-refractivity contribution in [2.24, 2.45) is 0 Å². The molecule has 0 fully saturated rings. The van der Waals surface area contributed by atoms with Crippen LogP contribution >= 0.6 is 0 Å². The van der Waals surface area contributed by atoms with Gasteiger partial charge in [0, 0.05) is 14.2 Å². The lowest BCUT2D eigenvalue weighted by atomic mass is 10.4. The predicted octanol–water partition coefficient (Wildman–Crippen LogP) is -0.187. The number of esters is 1. The summed E-state index contributed by atoms with van der Waals surface area (Å²) in [5, 5.41) is 10.4. The second-order valence-corrected chi connectivity index (χ2v) is 3.49. The topological polar surface area (TPSA) is 64.7 Å². The van der Waals surface area contributed by atoms with Gasteiger partial charge in [-0.1, -0.05) is 6.58 Å².